The molecule has 5 nitrogen and oxygen atoms in total. The van der Waals surface area contributed by atoms with E-state index in [0.717, 1.165) is 18.8 Å². The van der Waals surface area contributed by atoms with Gasteiger partial charge in [0.15, 0.2) is 0 Å². The van der Waals surface area contributed by atoms with Crippen molar-refractivity contribution in [3.63, 3.8) is 0 Å². The molecule has 0 saturated carbocycles. The van der Waals surface area contributed by atoms with Gasteiger partial charge < -0.3 is 15.0 Å². The van der Waals surface area contributed by atoms with Gasteiger partial charge in [0.2, 0.25) is 5.91 Å². The first-order chi connectivity index (χ1) is 8.65. The quantitative estimate of drug-likeness (QED) is 0.858. The molecule has 1 aliphatic heterocycles. The number of aromatic nitrogens is 1. The first-order valence-electron chi connectivity index (χ1n) is 6.19. The van der Waals surface area contributed by atoms with Crippen LogP contribution in [-0.4, -0.2) is 43.2 Å². The Labute approximate surface area is 107 Å². The molecule has 1 N–H and O–H groups in total. The van der Waals surface area contributed by atoms with Crippen molar-refractivity contribution in [2.24, 2.45) is 0 Å². The van der Waals surface area contributed by atoms with Crippen LogP contribution in [0.5, 0.6) is 0 Å². The van der Waals surface area contributed by atoms with E-state index in [1.54, 1.807) is 0 Å². The van der Waals surface area contributed by atoms with Gasteiger partial charge in [-0.25, -0.2) is 0 Å². The maximum Gasteiger partial charge on any atom is 0.216 e. The van der Waals surface area contributed by atoms with Crippen LogP contribution in [0.1, 0.15) is 12.6 Å². The highest BCUT2D eigenvalue weighted by Gasteiger charge is 2.20. The number of hydrogen-bond donors (Lipinski definition) is 1. The minimum atomic E-state index is -0.0181. The molecule has 1 aliphatic rings. The van der Waals surface area contributed by atoms with Crippen molar-refractivity contribution in [3.05, 3.63) is 24.0 Å². The second-order valence-corrected chi connectivity index (χ2v) is 4.53. The first kappa shape index (κ1) is 12.8. The Hall–Kier alpha value is -1.62. The second kappa shape index (κ2) is 5.82. The van der Waals surface area contributed by atoms with Gasteiger partial charge in [0.05, 0.1) is 12.7 Å². The second-order valence-electron chi connectivity index (χ2n) is 4.53. The van der Waals surface area contributed by atoms with Crippen LogP contribution in [-0.2, 0) is 9.53 Å². The average molecular weight is 249 g/mol. The minimum absolute atomic E-state index is 0.0181. The molecule has 0 bridgehead atoms. The number of carbonyl (C=O) groups is 1. The standard InChI is InChI=1S/C13H19N3O2/c1-10-7-12(3-4-14-10)16-5-6-18-13(9-16)8-15-11(2)17/h3-4,7,13H,5-6,8-9H2,1-2H3,(H,15,17). The number of hydrogen-bond acceptors (Lipinski definition) is 4. The topological polar surface area (TPSA) is 54.5 Å². The fourth-order valence-corrected chi connectivity index (χ4v) is 2.06. The molecule has 2 heterocycles. The van der Waals surface area contributed by atoms with Crippen molar-refractivity contribution in [2.45, 2.75) is 20.0 Å². The average Bonchev–Trinajstić information content (AvgIpc) is 2.37. The Morgan fingerprint density at radius 3 is 3.22 bits per heavy atom. The molecule has 1 aromatic heterocycles. The molecule has 1 fully saturated rings. The third-order valence-corrected chi connectivity index (χ3v) is 2.96. The van der Waals surface area contributed by atoms with Crippen molar-refractivity contribution in [1.29, 1.82) is 0 Å². The van der Waals surface area contributed by atoms with Crippen molar-refractivity contribution in [2.75, 3.05) is 31.1 Å². The van der Waals surface area contributed by atoms with Crippen LogP contribution in [0.25, 0.3) is 0 Å². The molecule has 18 heavy (non-hydrogen) atoms. The Kier molecular flexibility index (Phi) is 4.15. The highest BCUT2D eigenvalue weighted by Crippen LogP contribution is 2.17. The van der Waals surface area contributed by atoms with Crippen LogP contribution in [0.4, 0.5) is 5.69 Å². The number of aryl methyl sites for hydroxylation is 1. The first-order valence-corrected chi connectivity index (χ1v) is 6.19. The van der Waals surface area contributed by atoms with Gasteiger partial charge in [0.25, 0.3) is 0 Å². The Balaban J connectivity index is 1.96. The molecule has 1 aromatic rings. The molecule has 1 amide bonds. The lowest BCUT2D eigenvalue weighted by Gasteiger charge is -2.34. The molecule has 98 valence electrons. The zero-order chi connectivity index (χ0) is 13.0. The number of rotatable bonds is 3. The van der Waals surface area contributed by atoms with Crippen molar-refractivity contribution < 1.29 is 9.53 Å². The van der Waals surface area contributed by atoms with E-state index in [0.29, 0.717) is 13.2 Å². The van der Waals surface area contributed by atoms with Crippen LogP contribution in [0.2, 0.25) is 0 Å². The summed E-state index contributed by atoms with van der Waals surface area (Å²) in [5, 5.41) is 2.80. The van der Waals surface area contributed by atoms with Gasteiger partial charge in [-0.15, -0.1) is 0 Å². The summed E-state index contributed by atoms with van der Waals surface area (Å²) >= 11 is 0. The normalized spacial score (nSPS) is 19.7. The van der Waals surface area contributed by atoms with E-state index in [-0.39, 0.29) is 12.0 Å². The predicted octanol–water partition coefficient (Wildman–Crippen LogP) is 0.731. The maximum atomic E-state index is 10.9. The summed E-state index contributed by atoms with van der Waals surface area (Å²) in [4.78, 5) is 17.4. The highest BCUT2D eigenvalue weighted by atomic mass is 16.5. The third kappa shape index (κ3) is 3.43. The van der Waals surface area contributed by atoms with E-state index < -0.39 is 0 Å². The van der Waals surface area contributed by atoms with Crippen LogP contribution < -0.4 is 10.2 Å². The molecule has 0 spiro atoms. The number of pyridine rings is 1. The minimum Gasteiger partial charge on any atom is -0.373 e. The zero-order valence-electron chi connectivity index (χ0n) is 10.8. The molecule has 0 aromatic carbocycles. The summed E-state index contributed by atoms with van der Waals surface area (Å²) in [7, 11) is 0. The van der Waals surface area contributed by atoms with Crippen LogP contribution in [0, 0.1) is 6.92 Å². The lowest BCUT2D eigenvalue weighted by Crippen LogP contribution is -2.47. The summed E-state index contributed by atoms with van der Waals surface area (Å²) in [6, 6.07) is 4.08. The van der Waals surface area contributed by atoms with E-state index in [1.165, 1.54) is 12.6 Å². The Morgan fingerprint density at radius 1 is 1.67 bits per heavy atom. The fourth-order valence-electron chi connectivity index (χ4n) is 2.06. The van der Waals surface area contributed by atoms with Gasteiger partial charge in [0.1, 0.15) is 0 Å². The van der Waals surface area contributed by atoms with Gasteiger partial charge in [-0.05, 0) is 19.1 Å². The maximum absolute atomic E-state index is 10.9. The van der Waals surface area contributed by atoms with Gasteiger partial charge >= 0.3 is 0 Å². The summed E-state index contributed by atoms with van der Waals surface area (Å²) in [5.74, 6) is -0.0181. The molecular weight excluding hydrogens is 230 g/mol. The number of ether oxygens (including phenoxy) is 1. The monoisotopic (exact) mass is 249 g/mol. The number of anilines is 1. The fraction of sp³-hybridized carbons (Fsp3) is 0.538. The molecule has 2 rings (SSSR count). The van der Waals surface area contributed by atoms with Crippen molar-refractivity contribution in [3.8, 4) is 0 Å². The lowest BCUT2D eigenvalue weighted by molar-refractivity contribution is -0.119. The van der Waals surface area contributed by atoms with Gasteiger partial charge in [-0.2, -0.15) is 0 Å². The van der Waals surface area contributed by atoms with Crippen molar-refractivity contribution in [1.82, 2.24) is 10.3 Å². The lowest BCUT2D eigenvalue weighted by atomic mass is 10.2. The largest absolute Gasteiger partial charge is 0.373 e. The number of amides is 1. The van der Waals surface area contributed by atoms with E-state index in [1.807, 2.05) is 19.2 Å². The van der Waals surface area contributed by atoms with E-state index in [2.05, 4.69) is 21.3 Å². The van der Waals surface area contributed by atoms with Gasteiger partial charge in [-0.1, -0.05) is 0 Å². The molecule has 1 unspecified atom stereocenters. The smallest absolute Gasteiger partial charge is 0.216 e. The van der Waals surface area contributed by atoms with Crippen LogP contribution in [0.15, 0.2) is 18.3 Å². The summed E-state index contributed by atoms with van der Waals surface area (Å²) in [5.41, 5.74) is 2.18. The Bertz CT molecular complexity index is 422. The van der Waals surface area contributed by atoms with Gasteiger partial charge in [0, 0.05) is 44.1 Å². The number of morpholine rings is 1. The van der Waals surface area contributed by atoms with Crippen molar-refractivity contribution >= 4 is 11.6 Å². The summed E-state index contributed by atoms with van der Waals surface area (Å²) < 4.78 is 5.64. The van der Waals surface area contributed by atoms with E-state index in [9.17, 15) is 4.79 Å². The third-order valence-electron chi connectivity index (χ3n) is 2.96. The summed E-state index contributed by atoms with van der Waals surface area (Å²) in [6.07, 6.45) is 1.87. The predicted molar refractivity (Wildman–Crippen MR) is 69.6 cm³/mol. The molecule has 0 radical (unpaired) electrons. The SMILES string of the molecule is CC(=O)NCC1CN(c2ccnc(C)c2)CCO1. The van der Waals surface area contributed by atoms with Gasteiger partial charge in [-0.3, -0.25) is 9.78 Å². The zero-order valence-corrected chi connectivity index (χ0v) is 10.8. The number of carbonyl (C=O) groups excluding carboxylic acids is 1. The Morgan fingerprint density at radius 2 is 2.50 bits per heavy atom. The molecule has 0 aliphatic carbocycles. The van der Waals surface area contributed by atoms with E-state index >= 15 is 0 Å². The molecule has 1 saturated heterocycles. The van der Waals surface area contributed by atoms with Crippen LogP contribution in [0.3, 0.4) is 0 Å². The van der Waals surface area contributed by atoms with E-state index in [4.69, 9.17) is 4.74 Å². The molecule has 5 heteroatoms. The number of nitrogens with one attached hydrogen (secondary N) is 1. The highest BCUT2D eigenvalue weighted by molar-refractivity contribution is 5.72. The molecular formula is C13H19N3O2. The molecule has 1 atom stereocenters. The number of nitrogens with zero attached hydrogens (tertiary/aromatic N) is 2. The summed E-state index contributed by atoms with van der Waals surface area (Å²) in [6.45, 7) is 6.43. The van der Waals surface area contributed by atoms with Crippen LogP contribution >= 0.6 is 0 Å².